The predicted octanol–water partition coefficient (Wildman–Crippen LogP) is 17.3. The second-order valence-electron chi connectivity index (χ2n) is 20.5. The maximum absolute atomic E-state index is 12.9. The van der Waals surface area contributed by atoms with Crippen LogP contribution in [-0.2, 0) is 33.3 Å². The first-order chi connectivity index (χ1) is 39.6. The van der Waals surface area contributed by atoms with Crippen LogP contribution in [0.25, 0.3) is 0 Å². The van der Waals surface area contributed by atoms with E-state index in [0.717, 1.165) is 135 Å². The maximum Gasteiger partial charge on any atom is 0.306 e. The molecule has 0 aliphatic heterocycles. The number of unbranched alkanes of at least 4 members (excludes halogenated alkanes) is 6. The number of likely N-dealkylation sites (N-methyl/N-ethyl adjacent to an activating group) is 1. The number of carboxylic acid groups (broad SMARTS) is 1. The molecule has 0 spiro atoms. The standard InChI is InChI=1S/C72H109NO8/c1-6-8-10-12-14-16-18-20-22-24-26-28-30-32-34-35-37-39-41-43-45-47-49-51-53-55-57-59-61-63-70(75)81-68(67-80-72(71(76)77)78-65-64-73(3,4)5)66-79-69(74)62-60-58-56-54-52-50-48-46-44-42-40-38-36-33-31-29-27-25-23-21-19-17-15-13-11-9-7-2/h8-11,14-17,20-23,26-29,32-34,36-37,39-40,42-43,45-46,48-49,51,55,57,68,72H,6-7,12-13,18-19,24-25,30-31,35,38,41,44,47,50,52-54,56,58-67H2,1-5H3/b10-8-,11-9-,16-14-,17-15-,22-20-,23-21-,28-26-,29-27-,34-32-,36-33-,39-37-,42-40-,45-43-,48-46-,51-49-,57-55-. The van der Waals surface area contributed by atoms with Crippen LogP contribution >= 0.6 is 0 Å². The van der Waals surface area contributed by atoms with Crippen molar-refractivity contribution in [1.29, 1.82) is 0 Å². The third kappa shape index (κ3) is 61.6. The number of allylic oxidation sites excluding steroid dienone is 32. The number of hydrogen-bond acceptors (Lipinski definition) is 8. The summed E-state index contributed by atoms with van der Waals surface area (Å²) in [7, 11) is 5.88. The molecule has 0 aromatic heterocycles. The third-order valence-electron chi connectivity index (χ3n) is 11.8. The lowest BCUT2D eigenvalue weighted by Gasteiger charge is -2.26. The van der Waals surface area contributed by atoms with Gasteiger partial charge in [0.05, 0.1) is 40.3 Å². The third-order valence-corrected chi connectivity index (χ3v) is 11.8. The molecule has 0 bridgehead atoms. The smallest absolute Gasteiger partial charge is 0.306 e. The zero-order valence-corrected chi connectivity index (χ0v) is 51.1. The van der Waals surface area contributed by atoms with Gasteiger partial charge in [-0.1, -0.05) is 228 Å². The van der Waals surface area contributed by atoms with Crippen LogP contribution in [0.15, 0.2) is 194 Å². The maximum atomic E-state index is 12.9. The van der Waals surface area contributed by atoms with Gasteiger partial charge in [0.25, 0.3) is 0 Å². The van der Waals surface area contributed by atoms with E-state index in [9.17, 15) is 19.5 Å². The van der Waals surface area contributed by atoms with Gasteiger partial charge >= 0.3 is 11.9 Å². The summed E-state index contributed by atoms with van der Waals surface area (Å²) in [6, 6.07) is 0. The average Bonchev–Trinajstić information content (AvgIpc) is 3.44. The van der Waals surface area contributed by atoms with Crippen LogP contribution in [0.2, 0.25) is 0 Å². The van der Waals surface area contributed by atoms with E-state index in [1.165, 1.54) is 0 Å². The Morgan fingerprint density at radius 1 is 0.370 bits per heavy atom. The average molecular weight is 1120 g/mol. The van der Waals surface area contributed by atoms with Crippen molar-refractivity contribution in [2.45, 2.75) is 193 Å². The number of ether oxygens (including phenoxy) is 4. The summed E-state index contributed by atoms with van der Waals surface area (Å²) in [6.07, 6.45) is 90.6. The van der Waals surface area contributed by atoms with Crippen LogP contribution in [-0.4, -0.2) is 82.3 Å². The molecule has 9 heteroatoms. The van der Waals surface area contributed by atoms with Crippen molar-refractivity contribution in [3.05, 3.63) is 194 Å². The Morgan fingerprint density at radius 2 is 0.679 bits per heavy atom. The Balaban J connectivity index is 4.45. The van der Waals surface area contributed by atoms with E-state index in [2.05, 4.69) is 202 Å². The van der Waals surface area contributed by atoms with Crippen molar-refractivity contribution in [3.8, 4) is 0 Å². The number of quaternary nitrogens is 1. The first-order valence-corrected chi connectivity index (χ1v) is 30.6. The second-order valence-corrected chi connectivity index (χ2v) is 20.5. The molecule has 0 heterocycles. The number of carbonyl (C=O) groups is 3. The number of hydrogen-bond donors (Lipinski definition) is 0. The number of carbonyl (C=O) groups excluding carboxylic acids is 3. The molecule has 81 heavy (non-hydrogen) atoms. The molecular formula is C72H109NO8. The Hall–Kier alpha value is -5.87. The van der Waals surface area contributed by atoms with E-state index < -0.39 is 30.3 Å². The van der Waals surface area contributed by atoms with Crippen LogP contribution in [0.3, 0.4) is 0 Å². The fraction of sp³-hybridized carbons (Fsp3) is 0.514. The van der Waals surface area contributed by atoms with Crippen LogP contribution in [0.4, 0.5) is 0 Å². The Labute approximate surface area is 493 Å². The van der Waals surface area contributed by atoms with Gasteiger partial charge in [0, 0.05) is 12.8 Å². The van der Waals surface area contributed by atoms with E-state index in [1.807, 2.05) is 27.2 Å². The summed E-state index contributed by atoms with van der Waals surface area (Å²) in [5, 5.41) is 11.8. The molecule has 2 unspecified atom stereocenters. The number of carboxylic acids is 1. The highest BCUT2D eigenvalue weighted by molar-refractivity contribution is 5.70. The van der Waals surface area contributed by atoms with Gasteiger partial charge in [-0.3, -0.25) is 9.59 Å². The minimum atomic E-state index is -1.66. The highest BCUT2D eigenvalue weighted by Crippen LogP contribution is 2.11. The highest BCUT2D eigenvalue weighted by Gasteiger charge is 2.21. The molecule has 0 amide bonds. The van der Waals surface area contributed by atoms with Gasteiger partial charge in [0.1, 0.15) is 13.2 Å². The van der Waals surface area contributed by atoms with E-state index in [4.69, 9.17) is 18.9 Å². The van der Waals surface area contributed by atoms with E-state index in [1.54, 1.807) is 0 Å². The molecule has 0 aliphatic rings. The van der Waals surface area contributed by atoms with Gasteiger partial charge in [-0.25, -0.2) is 0 Å². The summed E-state index contributed by atoms with van der Waals surface area (Å²) in [6.45, 7) is 4.39. The topological polar surface area (TPSA) is 111 Å². The lowest BCUT2D eigenvalue weighted by molar-refractivity contribution is -0.870. The summed E-state index contributed by atoms with van der Waals surface area (Å²) < 4.78 is 22.6. The largest absolute Gasteiger partial charge is 0.545 e. The Kier molecular flexibility index (Phi) is 55.9. The SMILES string of the molecule is CC/C=C\C/C=C\C/C=C\C/C=C\C/C=C\C/C=C\C/C=C\C/C=C\C/C=C\CCCC(=O)OC(COC(=O)CCCCCCC/C=C\C/C=C\C/C=C\C/C=C\C/C=C\C/C=C\C/C=C\CC)COC(OCC[N+](C)(C)C)C(=O)[O-]. The number of esters is 2. The number of nitrogens with zero attached hydrogens (tertiary/aromatic N) is 1. The lowest BCUT2D eigenvalue weighted by Crippen LogP contribution is -2.44. The summed E-state index contributed by atoms with van der Waals surface area (Å²) in [4.78, 5) is 37.3. The van der Waals surface area contributed by atoms with E-state index in [0.29, 0.717) is 30.3 Å². The van der Waals surface area contributed by atoms with Crippen molar-refractivity contribution < 1.29 is 42.9 Å². The van der Waals surface area contributed by atoms with Crippen LogP contribution < -0.4 is 5.11 Å². The molecule has 0 radical (unpaired) electrons. The van der Waals surface area contributed by atoms with Crippen molar-refractivity contribution >= 4 is 17.9 Å². The molecule has 0 rings (SSSR count). The fourth-order valence-corrected chi connectivity index (χ4v) is 7.22. The molecule has 9 nitrogen and oxygen atoms in total. The van der Waals surface area contributed by atoms with Gasteiger partial charge < -0.3 is 33.3 Å². The Bertz CT molecular complexity index is 2020. The zero-order valence-electron chi connectivity index (χ0n) is 51.1. The highest BCUT2D eigenvalue weighted by atomic mass is 16.7. The van der Waals surface area contributed by atoms with Crippen molar-refractivity contribution in [2.75, 3.05) is 47.5 Å². The molecule has 0 saturated carbocycles. The summed E-state index contributed by atoms with van der Waals surface area (Å²) in [5.41, 5.74) is 0. The van der Waals surface area contributed by atoms with Gasteiger partial charge in [-0.05, 0) is 135 Å². The molecule has 0 aliphatic carbocycles. The first kappa shape index (κ1) is 75.1. The number of rotatable bonds is 53. The minimum Gasteiger partial charge on any atom is -0.545 e. The van der Waals surface area contributed by atoms with Crippen LogP contribution in [0, 0.1) is 0 Å². The molecule has 0 N–H and O–H groups in total. The molecule has 0 aromatic rings. The van der Waals surface area contributed by atoms with Gasteiger partial charge in [-0.15, -0.1) is 0 Å². The summed E-state index contributed by atoms with van der Waals surface area (Å²) in [5.74, 6) is -2.42. The van der Waals surface area contributed by atoms with E-state index in [-0.39, 0.29) is 32.7 Å². The Morgan fingerprint density at radius 3 is 1.02 bits per heavy atom. The molecule has 450 valence electrons. The normalized spacial score (nSPS) is 14.1. The molecule has 0 fully saturated rings. The number of aliphatic carboxylic acids is 1. The summed E-state index contributed by atoms with van der Waals surface area (Å²) >= 11 is 0. The first-order valence-electron chi connectivity index (χ1n) is 30.6. The van der Waals surface area contributed by atoms with Crippen molar-refractivity contribution in [3.63, 3.8) is 0 Å². The van der Waals surface area contributed by atoms with Gasteiger partial charge in [0.15, 0.2) is 12.4 Å². The van der Waals surface area contributed by atoms with Crippen molar-refractivity contribution in [2.24, 2.45) is 0 Å². The molecular weight excluding hydrogens is 1010 g/mol. The second kappa shape index (κ2) is 60.2. The molecule has 0 saturated heterocycles. The fourth-order valence-electron chi connectivity index (χ4n) is 7.22. The lowest BCUT2D eigenvalue weighted by atomic mass is 10.1. The van der Waals surface area contributed by atoms with Crippen LogP contribution in [0.1, 0.15) is 181 Å². The quantitative estimate of drug-likeness (QED) is 0.0195. The van der Waals surface area contributed by atoms with E-state index >= 15 is 0 Å². The van der Waals surface area contributed by atoms with Gasteiger partial charge in [0.2, 0.25) is 0 Å². The minimum absolute atomic E-state index is 0.120. The molecule has 2 atom stereocenters. The van der Waals surface area contributed by atoms with Crippen molar-refractivity contribution in [1.82, 2.24) is 0 Å². The molecule has 0 aromatic carbocycles. The van der Waals surface area contributed by atoms with Gasteiger partial charge in [-0.2, -0.15) is 0 Å². The van der Waals surface area contributed by atoms with Crippen LogP contribution in [0.5, 0.6) is 0 Å². The predicted molar refractivity (Wildman–Crippen MR) is 342 cm³/mol. The zero-order chi connectivity index (χ0) is 59.1. The monoisotopic (exact) mass is 1120 g/mol.